The first-order valence-corrected chi connectivity index (χ1v) is 7.22. The zero-order chi connectivity index (χ0) is 13.0. The second kappa shape index (κ2) is 6.32. The Labute approximate surface area is 115 Å². The molecule has 1 aromatic rings. The molecule has 1 fully saturated rings. The summed E-state index contributed by atoms with van der Waals surface area (Å²) < 4.78 is 14.2. The topological polar surface area (TPSA) is 29.1 Å². The molecule has 0 unspecified atom stereocenters. The molecule has 0 heterocycles. The van der Waals surface area contributed by atoms with Gasteiger partial charge in [-0.25, -0.2) is 4.39 Å². The van der Waals surface area contributed by atoms with Gasteiger partial charge in [-0.15, -0.1) is 0 Å². The molecule has 1 aliphatic rings. The van der Waals surface area contributed by atoms with Crippen LogP contribution in [0.3, 0.4) is 0 Å². The minimum Gasteiger partial charge on any atom is -0.349 e. The van der Waals surface area contributed by atoms with Gasteiger partial charge in [0.05, 0.1) is 5.56 Å². The van der Waals surface area contributed by atoms with Gasteiger partial charge in [0.15, 0.2) is 0 Å². The third-order valence-electron chi connectivity index (χ3n) is 3.38. The minimum absolute atomic E-state index is 0.113. The van der Waals surface area contributed by atoms with Crippen LogP contribution in [-0.2, 0) is 0 Å². The number of rotatable bonds is 2. The molecule has 0 spiro atoms. The quantitative estimate of drug-likeness (QED) is 0.820. The van der Waals surface area contributed by atoms with Crippen molar-refractivity contribution in [3.05, 3.63) is 34.1 Å². The predicted molar refractivity (Wildman–Crippen MR) is 73.1 cm³/mol. The first-order chi connectivity index (χ1) is 8.68. The van der Waals surface area contributed by atoms with Crippen LogP contribution in [0.15, 0.2) is 22.7 Å². The summed E-state index contributed by atoms with van der Waals surface area (Å²) >= 11 is 3.23. The highest BCUT2D eigenvalue weighted by Gasteiger charge is 2.19. The van der Waals surface area contributed by atoms with Gasteiger partial charge in [0, 0.05) is 10.5 Å². The van der Waals surface area contributed by atoms with Crippen LogP contribution in [0.25, 0.3) is 0 Å². The Morgan fingerprint density at radius 1 is 1.22 bits per heavy atom. The Bertz CT molecular complexity index is 408. The number of carbonyl (C=O) groups is 1. The fraction of sp³-hybridized carbons (Fsp3) is 0.500. The highest BCUT2D eigenvalue weighted by Crippen LogP contribution is 2.21. The third-order valence-corrected chi connectivity index (χ3v) is 4.04. The normalized spacial score (nSPS) is 17.2. The molecule has 1 aliphatic carbocycles. The van der Waals surface area contributed by atoms with Gasteiger partial charge in [0.1, 0.15) is 5.82 Å². The Morgan fingerprint density at radius 3 is 2.50 bits per heavy atom. The van der Waals surface area contributed by atoms with Crippen LogP contribution in [0.2, 0.25) is 0 Å². The lowest BCUT2D eigenvalue weighted by molar-refractivity contribution is 0.0928. The Kier molecular flexibility index (Phi) is 4.75. The van der Waals surface area contributed by atoms with Gasteiger partial charge in [0.25, 0.3) is 5.91 Å². The maximum Gasteiger partial charge on any atom is 0.255 e. The molecule has 1 N–H and O–H groups in total. The van der Waals surface area contributed by atoms with E-state index in [1.165, 1.54) is 18.9 Å². The number of benzene rings is 1. The van der Waals surface area contributed by atoms with Crippen molar-refractivity contribution in [3.8, 4) is 0 Å². The van der Waals surface area contributed by atoms with Gasteiger partial charge >= 0.3 is 0 Å². The predicted octanol–water partition coefficient (Wildman–Crippen LogP) is 4.04. The Morgan fingerprint density at radius 2 is 1.89 bits per heavy atom. The molecule has 2 rings (SSSR count). The molecule has 1 amide bonds. The van der Waals surface area contributed by atoms with E-state index in [1.54, 1.807) is 12.1 Å². The van der Waals surface area contributed by atoms with Crippen LogP contribution >= 0.6 is 15.9 Å². The molecule has 2 nitrogen and oxygen atoms in total. The smallest absolute Gasteiger partial charge is 0.255 e. The van der Waals surface area contributed by atoms with Crippen molar-refractivity contribution in [2.45, 2.75) is 44.6 Å². The van der Waals surface area contributed by atoms with Gasteiger partial charge in [-0.05, 0) is 40.9 Å². The zero-order valence-electron chi connectivity index (χ0n) is 10.2. The molecule has 0 saturated heterocycles. The van der Waals surface area contributed by atoms with Crippen LogP contribution in [0.4, 0.5) is 4.39 Å². The van der Waals surface area contributed by atoms with Crippen LogP contribution in [0.1, 0.15) is 48.9 Å². The average Bonchev–Trinajstić information content (AvgIpc) is 2.57. The molecular weight excluding hydrogens is 297 g/mol. The number of halogens is 2. The van der Waals surface area contributed by atoms with Crippen molar-refractivity contribution >= 4 is 21.8 Å². The van der Waals surface area contributed by atoms with E-state index in [0.717, 1.165) is 25.7 Å². The van der Waals surface area contributed by atoms with E-state index in [0.29, 0.717) is 4.47 Å². The van der Waals surface area contributed by atoms with E-state index < -0.39 is 5.82 Å². The summed E-state index contributed by atoms with van der Waals surface area (Å²) in [4.78, 5) is 12.1. The van der Waals surface area contributed by atoms with Crippen LogP contribution in [0.5, 0.6) is 0 Å². The van der Waals surface area contributed by atoms with Crippen molar-refractivity contribution < 1.29 is 9.18 Å². The monoisotopic (exact) mass is 313 g/mol. The van der Waals surface area contributed by atoms with Gasteiger partial charge in [-0.1, -0.05) is 31.7 Å². The lowest BCUT2D eigenvalue weighted by Crippen LogP contribution is -2.35. The second-order valence-electron chi connectivity index (χ2n) is 4.76. The molecule has 0 bridgehead atoms. The zero-order valence-corrected chi connectivity index (χ0v) is 11.8. The van der Waals surface area contributed by atoms with Crippen LogP contribution in [-0.4, -0.2) is 11.9 Å². The van der Waals surface area contributed by atoms with Gasteiger partial charge in [-0.3, -0.25) is 4.79 Å². The van der Waals surface area contributed by atoms with E-state index in [2.05, 4.69) is 21.2 Å². The Balaban J connectivity index is 2.07. The Hall–Kier alpha value is -0.900. The average molecular weight is 314 g/mol. The number of nitrogens with one attached hydrogen (secondary N) is 1. The largest absolute Gasteiger partial charge is 0.349 e. The molecule has 4 heteroatoms. The van der Waals surface area contributed by atoms with Crippen LogP contribution < -0.4 is 5.32 Å². The summed E-state index contributed by atoms with van der Waals surface area (Å²) in [6.45, 7) is 0. The lowest BCUT2D eigenvalue weighted by Gasteiger charge is -2.17. The summed E-state index contributed by atoms with van der Waals surface area (Å²) in [5, 5.41) is 2.95. The van der Waals surface area contributed by atoms with Gasteiger partial charge in [0.2, 0.25) is 0 Å². The maximum absolute atomic E-state index is 13.6. The molecule has 0 aliphatic heterocycles. The fourth-order valence-electron chi connectivity index (χ4n) is 2.40. The van der Waals surface area contributed by atoms with Crippen LogP contribution in [0, 0.1) is 5.82 Å². The van der Waals surface area contributed by atoms with E-state index in [4.69, 9.17) is 0 Å². The molecule has 98 valence electrons. The molecule has 1 aromatic carbocycles. The van der Waals surface area contributed by atoms with Gasteiger partial charge in [-0.2, -0.15) is 0 Å². The van der Waals surface area contributed by atoms with Crippen molar-refractivity contribution in [2.75, 3.05) is 0 Å². The third kappa shape index (κ3) is 3.31. The number of carbonyl (C=O) groups excluding carboxylic acids is 1. The molecule has 0 aromatic heterocycles. The summed E-state index contributed by atoms with van der Waals surface area (Å²) in [5.41, 5.74) is 0.113. The lowest BCUT2D eigenvalue weighted by atomic mass is 10.1. The van der Waals surface area contributed by atoms with Crippen molar-refractivity contribution in [1.29, 1.82) is 0 Å². The summed E-state index contributed by atoms with van der Waals surface area (Å²) in [7, 11) is 0. The molecule has 0 atom stereocenters. The number of amides is 1. The van der Waals surface area contributed by atoms with Crippen molar-refractivity contribution in [1.82, 2.24) is 5.32 Å². The van der Waals surface area contributed by atoms with E-state index in [1.807, 2.05) is 0 Å². The minimum atomic E-state index is -0.476. The van der Waals surface area contributed by atoms with E-state index in [9.17, 15) is 9.18 Å². The number of hydrogen-bond donors (Lipinski definition) is 1. The van der Waals surface area contributed by atoms with E-state index in [-0.39, 0.29) is 17.5 Å². The molecule has 18 heavy (non-hydrogen) atoms. The van der Waals surface area contributed by atoms with Crippen molar-refractivity contribution in [2.24, 2.45) is 0 Å². The highest BCUT2D eigenvalue weighted by atomic mass is 79.9. The maximum atomic E-state index is 13.6. The first kappa shape index (κ1) is 13.5. The van der Waals surface area contributed by atoms with E-state index >= 15 is 0 Å². The summed E-state index contributed by atoms with van der Waals surface area (Å²) in [5.74, 6) is -0.789. The van der Waals surface area contributed by atoms with Crippen molar-refractivity contribution in [3.63, 3.8) is 0 Å². The highest BCUT2D eigenvalue weighted by molar-refractivity contribution is 9.10. The molecule has 0 radical (unpaired) electrons. The SMILES string of the molecule is O=C(NC1CCCCCC1)c1c(F)cccc1Br. The molecular formula is C14H17BrFNO. The summed E-state index contributed by atoms with van der Waals surface area (Å²) in [6.07, 6.45) is 6.74. The summed E-state index contributed by atoms with van der Waals surface area (Å²) in [6, 6.07) is 4.77. The first-order valence-electron chi connectivity index (χ1n) is 6.43. The number of hydrogen-bond acceptors (Lipinski definition) is 1. The fourth-order valence-corrected chi connectivity index (χ4v) is 2.92. The second-order valence-corrected chi connectivity index (χ2v) is 5.61. The van der Waals surface area contributed by atoms with Gasteiger partial charge < -0.3 is 5.32 Å². The molecule has 1 saturated carbocycles. The standard InChI is InChI=1S/C14H17BrFNO/c15-11-8-5-9-12(16)13(11)14(18)17-10-6-3-1-2-4-7-10/h5,8-10H,1-4,6-7H2,(H,17,18).